The van der Waals surface area contributed by atoms with Crippen LogP contribution in [0.1, 0.15) is 40.0 Å². The summed E-state index contributed by atoms with van der Waals surface area (Å²) in [7, 11) is 0. The Hall–Kier alpha value is -1.72. The third-order valence-electron chi connectivity index (χ3n) is 4.42. The number of carbonyl (C=O) groups is 2. The van der Waals surface area contributed by atoms with Gasteiger partial charge in [-0.3, -0.25) is 19.4 Å². The lowest BCUT2D eigenvalue weighted by Gasteiger charge is -2.23. The standard InChI is InChI=1S/C16H20N2O3/c19-11-12-5-3-8-17(12)9-4-10-18-15(20)13-6-1-2-7-14(13)16(18)21/h1-2,6-7,12,19H,3-5,8-11H2/t12-/m1/s1. The van der Waals surface area contributed by atoms with Crippen molar-refractivity contribution in [3.05, 3.63) is 35.4 Å². The fourth-order valence-electron chi connectivity index (χ4n) is 3.27. The number of aliphatic hydroxyl groups excluding tert-OH is 1. The van der Waals surface area contributed by atoms with Crippen molar-refractivity contribution in [3.63, 3.8) is 0 Å². The van der Waals surface area contributed by atoms with Crippen LogP contribution in [0.2, 0.25) is 0 Å². The van der Waals surface area contributed by atoms with Crippen molar-refractivity contribution < 1.29 is 14.7 Å². The molecule has 2 aliphatic heterocycles. The summed E-state index contributed by atoms with van der Waals surface area (Å²) in [5, 5.41) is 9.29. The number of amides is 2. The number of rotatable bonds is 5. The Balaban J connectivity index is 1.57. The van der Waals surface area contributed by atoms with E-state index in [0.717, 1.165) is 32.4 Å². The molecule has 5 nitrogen and oxygen atoms in total. The smallest absolute Gasteiger partial charge is 0.261 e. The van der Waals surface area contributed by atoms with Crippen LogP contribution in [0.25, 0.3) is 0 Å². The van der Waals surface area contributed by atoms with Crippen LogP contribution in [0.3, 0.4) is 0 Å². The van der Waals surface area contributed by atoms with Crippen LogP contribution < -0.4 is 0 Å². The predicted octanol–water partition coefficient (Wildman–Crippen LogP) is 1.13. The molecule has 0 aromatic heterocycles. The summed E-state index contributed by atoms with van der Waals surface area (Å²) >= 11 is 0. The lowest BCUT2D eigenvalue weighted by molar-refractivity contribution is 0.0643. The highest BCUT2D eigenvalue weighted by Crippen LogP contribution is 2.23. The summed E-state index contributed by atoms with van der Waals surface area (Å²) in [4.78, 5) is 28.0. The van der Waals surface area contributed by atoms with Gasteiger partial charge in [0.05, 0.1) is 17.7 Å². The molecular formula is C16H20N2O3. The zero-order chi connectivity index (χ0) is 14.8. The Morgan fingerprint density at radius 2 is 1.76 bits per heavy atom. The molecule has 2 heterocycles. The molecular weight excluding hydrogens is 268 g/mol. The van der Waals surface area contributed by atoms with E-state index in [2.05, 4.69) is 4.90 Å². The maximum absolute atomic E-state index is 12.2. The average molecular weight is 288 g/mol. The van der Waals surface area contributed by atoms with Gasteiger partial charge in [-0.1, -0.05) is 12.1 Å². The van der Waals surface area contributed by atoms with Crippen LogP contribution in [0.5, 0.6) is 0 Å². The van der Waals surface area contributed by atoms with Crippen LogP contribution in [0, 0.1) is 0 Å². The summed E-state index contributed by atoms with van der Waals surface area (Å²) in [6, 6.07) is 7.22. The van der Waals surface area contributed by atoms with E-state index in [4.69, 9.17) is 0 Å². The van der Waals surface area contributed by atoms with E-state index in [1.165, 1.54) is 4.90 Å². The molecule has 5 heteroatoms. The number of nitrogens with zero attached hydrogens (tertiary/aromatic N) is 2. The van der Waals surface area contributed by atoms with Gasteiger partial charge in [0.15, 0.2) is 0 Å². The summed E-state index contributed by atoms with van der Waals surface area (Å²) in [5.74, 6) is -0.369. The third kappa shape index (κ3) is 2.59. The maximum atomic E-state index is 12.2. The van der Waals surface area contributed by atoms with Gasteiger partial charge in [0, 0.05) is 19.1 Å². The van der Waals surface area contributed by atoms with E-state index >= 15 is 0 Å². The van der Waals surface area contributed by atoms with Gasteiger partial charge in [-0.2, -0.15) is 0 Å². The minimum absolute atomic E-state index is 0.185. The molecule has 1 atom stereocenters. The van der Waals surface area contributed by atoms with Crippen LogP contribution in [0.4, 0.5) is 0 Å². The Morgan fingerprint density at radius 3 is 2.38 bits per heavy atom. The second-order valence-corrected chi connectivity index (χ2v) is 5.68. The fourth-order valence-corrected chi connectivity index (χ4v) is 3.27. The molecule has 0 aliphatic carbocycles. The van der Waals surface area contributed by atoms with E-state index in [1.54, 1.807) is 24.3 Å². The summed E-state index contributed by atoms with van der Waals surface area (Å²) in [6.07, 6.45) is 2.89. The topological polar surface area (TPSA) is 60.9 Å². The molecule has 112 valence electrons. The highest BCUT2D eigenvalue weighted by Gasteiger charge is 2.34. The molecule has 1 fully saturated rings. The third-order valence-corrected chi connectivity index (χ3v) is 4.42. The normalized spacial score (nSPS) is 22.1. The summed E-state index contributed by atoms with van der Waals surface area (Å²) in [6.45, 7) is 2.44. The number of aliphatic hydroxyl groups is 1. The SMILES string of the molecule is O=C1c2ccccc2C(=O)N1CCCN1CCC[C@@H]1CO. The molecule has 2 amide bonds. The van der Waals surface area contributed by atoms with Crippen molar-refractivity contribution in [2.75, 3.05) is 26.2 Å². The number of carbonyl (C=O) groups excluding carboxylic acids is 2. The number of hydrogen-bond donors (Lipinski definition) is 1. The van der Waals surface area contributed by atoms with E-state index in [-0.39, 0.29) is 24.5 Å². The lowest BCUT2D eigenvalue weighted by Crippen LogP contribution is -2.36. The molecule has 21 heavy (non-hydrogen) atoms. The molecule has 1 saturated heterocycles. The van der Waals surface area contributed by atoms with Crippen LogP contribution in [-0.4, -0.2) is 59.0 Å². The lowest BCUT2D eigenvalue weighted by atomic mass is 10.1. The van der Waals surface area contributed by atoms with Crippen molar-refractivity contribution >= 4 is 11.8 Å². The molecule has 0 radical (unpaired) electrons. The molecule has 1 aromatic carbocycles. The number of imide groups is 1. The molecule has 2 aliphatic rings. The molecule has 0 bridgehead atoms. The Kier molecular flexibility index (Phi) is 4.03. The number of benzene rings is 1. The first kappa shape index (κ1) is 14.2. The van der Waals surface area contributed by atoms with Gasteiger partial charge >= 0.3 is 0 Å². The summed E-state index contributed by atoms with van der Waals surface area (Å²) in [5.41, 5.74) is 1.02. The van der Waals surface area contributed by atoms with Crippen molar-refractivity contribution in [1.29, 1.82) is 0 Å². The number of likely N-dealkylation sites (tertiary alicyclic amines) is 1. The van der Waals surface area contributed by atoms with E-state index < -0.39 is 0 Å². The van der Waals surface area contributed by atoms with Gasteiger partial charge < -0.3 is 5.11 Å². The largest absolute Gasteiger partial charge is 0.395 e. The van der Waals surface area contributed by atoms with E-state index in [0.29, 0.717) is 17.7 Å². The monoisotopic (exact) mass is 288 g/mol. The van der Waals surface area contributed by atoms with Crippen molar-refractivity contribution in [2.24, 2.45) is 0 Å². The van der Waals surface area contributed by atoms with Crippen molar-refractivity contribution in [2.45, 2.75) is 25.3 Å². The first-order valence-corrected chi connectivity index (χ1v) is 7.52. The quantitative estimate of drug-likeness (QED) is 0.825. The van der Waals surface area contributed by atoms with Crippen LogP contribution >= 0.6 is 0 Å². The Bertz CT molecular complexity index is 523. The highest BCUT2D eigenvalue weighted by molar-refractivity contribution is 6.21. The van der Waals surface area contributed by atoms with Crippen LogP contribution in [-0.2, 0) is 0 Å². The molecule has 1 N–H and O–H groups in total. The molecule has 3 rings (SSSR count). The minimum Gasteiger partial charge on any atom is -0.395 e. The molecule has 0 spiro atoms. The number of hydrogen-bond acceptors (Lipinski definition) is 4. The zero-order valence-electron chi connectivity index (χ0n) is 12.0. The van der Waals surface area contributed by atoms with Crippen LogP contribution in [0.15, 0.2) is 24.3 Å². The van der Waals surface area contributed by atoms with E-state index in [1.807, 2.05) is 0 Å². The first-order valence-electron chi connectivity index (χ1n) is 7.52. The van der Waals surface area contributed by atoms with Gasteiger partial charge in [0.25, 0.3) is 11.8 Å². The van der Waals surface area contributed by atoms with Gasteiger partial charge in [0.1, 0.15) is 0 Å². The molecule has 0 unspecified atom stereocenters. The second-order valence-electron chi connectivity index (χ2n) is 5.68. The average Bonchev–Trinajstić information content (AvgIpc) is 3.06. The van der Waals surface area contributed by atoms with Crippen molar-refractivity contribution in [1.82, 2.24) is 9.80 Å². The fraction of sp³-hybridized carbons (Fsp3) is 0.500. The van der Waals surface area contributed by atoms with Gasteiger partial charge in [-0.25, -0.2) is 0 Å². The van der Waals surface area contributed by atoms with E-state index in [9.17, 15) is 14.7 Å². The Morgan fingerprint density at radius 1 is 1.10 bits per heavy atom. The second kappa shape index (κ2) is 5.95. The highest BCUT2D eigenvalue weighted by atomic mass is 16.3. The molecule has 0 saturated carbocycles. The molecule has 1 aromatic rings. The van der Waals surface area contributed by atoms with Gasteiger partial charge in [-0.15, -0.1) is 0 Å². The first-order chi connectivity index (χ1) is 10.2. The maximum Gasteiger partial charge on any atom is 0.261 e. The minimum atomic E-state index is -0.185. The zero-order valence-corrected chi connectivity index (χ0v) is 12.0. The number of fused-ring (bicyclic) bond motifs is 1. The Labute approximate surface area is 124 Å². The summed E-state index contributed by atoms with van der Waals surface area (Å²) < 4.78 is 0. The van der Waals surface area contributed by atoms with Gasteiger partial charge in [-0.05, 0) is 37.9 Å². The predicted molar refractivity (Wildman–Crippen MR) is 78.1 cm³/mol. The van der Waals surface area contributed by atoms with Crippen molar-refractivity contribution in [3.8, 4) is 0 Å². The van der Waals surface area contributed by atoms with Gasteiger partial charge in [0.2, 0.25) is 0 Å².